The predicted octanol–water partition coefficient (Wildman–Crippen LogP) is 6.29. The van der Waals surface area contributed by atoms with Crippen LogP contribution in [0.5, 0.6) is 5.75 Å². The number of rotatable bonds is 16. The molecule has 0 bridgehead atoms. The molecule has 1 unspecified atom stereocenters. The molecule has 0 spiro atoms. The second-order valence-electron chi connectivity index (χ2n) is 6.75. The van der Waals surface area contributed by atoms with Gasteiger partial charge in [0, 0.05) is 25.4 Å². The van der Waals surface area contributed by atoms with E-state index in [9.17, 15) is 0 Å². The van der Waals surface area contributed by atoms with Crippen molar-refractivity contribution in [3.63, 3.8) is 0 Å². The van der Waals surface area contributed by atoms with Gasteiger partial charge >= 0.3 is 0 Å². The Balaban J connectivity index is 3.09. The molecule has 0 heterocycles. The monoisotopic (exact) mass is 380 g/mol. The van der Waals surface area contributed by atoms with Crippen LogP contribution in [-0.2, 0) is 14.2 Å². The molecule has 27 heavy (non-hydrogen) atoms. The number of hydrogen-bond acceptors (Lipinski definition) is 4. The van der Waals surface area contributed by atoms with E-state index in [0.717, 1.165) is 24.2 Å². The van der Waals surface area contributed by atoms with Crippen molar-refractivity contribution < 1.29 is 18.9 Å². The van der Waals surface area contributed by atoms with Crippen molar-refractivity contribution in [2.45, 2.75) is 84.5 Å². The lowest BCUT2D eigenvalue weighted by Crippen LogP contribution is -2.45. The van der Waals surface area contributed by atoms with Crippen molar-refractivity contribution in [1.82, 2.24) is 0 Å². The highest BCUT2D eigenvalue weighted by Gasteiger charge is 2.44. The highest BCUT2D eigenvalue weighted by Crippen LogP contribution is 2.42. The van der Waals surface area contributed by atoms with Gasteiger partial charge in [0.05, 0.1) is 13.0 Å². The van der Waals surface area contributed by atoms with Gasteiger partial charge in [0.15, 0.2) is 0 Å². The zero-order valence-electron chi connectivity index (χ0n) is 18.1. The van der Waals surface area contributed by atoms with Crippen LogP contribution >= 0.6 is 0 Å². The van der Waals surface area contributed by atoms with E-state index in [1.54, 1.807) is 7.11 Å². The fraction of sp³-hybridized carbons (Fsp3) is 0.739. The van der Waals surface area contributed by atoms with Crippen molar-refractivity contribution in [2.75, 3.05) is 26.9 Å². The van der Waals surface area contributed by atoms with Crippen LogP contribution in [0.3, 0.4) is 0 Å². The Morgan fingerprint density at radius 1 is 0.778 bits per heavy atom. The fourth-order valence-corrected chi connectivity index (χ4v) is 3.64. The third kappa shape index (κ3) is 7.44. The number of ether oxygens (including phenoxy) is 4. The van der Waals surface area contributed by atoms with E-state index in [2.05, 4.69) is 13.0 Å². The summed E-state index contributed by atoms with van der Waals surface area (Å²) in [7, 11) is 1.71. The molecule has 0 saturated carbocycles. The summed E-state index contributed by atoms with van der Waals surface area (Å²) in [6, 6.07) is 8.14. The lowest BCUT2D eigenvalue weighted by molar-refractivity contribution is -0.389. The molecule has 0 saturated heterocycles. The molecule has 0 aliphatic carbocycles. The van der Waals surface area contributed by atoms with E-state index in [-0.39, 0.29) is 5.92 Å². The molecule has 156 valence electrons. The Bertz CT molecular complexity index is 472. The zero-order chi connectivity index (χ0) is 20.0. The third-order valence-corrected chi connectivity index (χ3v) is 4.82. The van der Waals surface area contributed by atoms with Gasteiger partial charge in [-0.05, 0) is 33.3 Å². The molecule has 0 aliphatic rings. The summed E-state index contributed by atoms with van der Waals surface area (Å²) in [6.07, 6.45) is 8.43. The average Bonchev–Trinajstić information content (AvgIpc) is 2.68. The van der Waals surface area contributed by atoms with Crippen LogP contribution in [-0.4, -0.2) is 32.9 Å². The average molecular weight is 381 g/mol. The first-order valence-electron chi connectivity index (χ1n) is 10.7. The number of para-hydroxylation sites is 1. The summed E-state index contributed by atoms with van der Waals surface area (Å²) < 4.78 is 24.0. The molecular formula is C23H40O4. The van der Waals surface area contributed by atoms with E-state index < -0.39 is 5.97 Å². The van der Waals surface area contributed by atoms with Gasteiger partial charge in [0.1, 0.15) is 5.75 Å². The molecule has 1 rings (SSSR count). The Morgan fingerprint density at radius 2 is 1.33 bits per heavy atom. The van der Waals surface area contributed by atoms with E-state index in [4.69, 9.17) is 18.9 Å². The molecule has 1 aromatic carbocycles. The molecule has 0 amide bonds. The molecule has 0 radical (unpaired) electrons. The molecule has 0 aliphatic heterocycles. The van der Waals surface area contributed by atoms with Crippen molar-refractivity contribution in [3.8, 4) is 5.75 Å². The van der Waals surface area contributed by atoms with E-state index >= 15 is 0 Å². The van der Waals surface area contributed by atoms with Crippen LogP contribution in [0.4, 0.5) is 0 Å². The molecule has 0 aromatic heterocycles. The predicted molar refractivity (Wildman–Crippen MR) is 111 cm³/mol. The van der Waals surface area contributed by atoms with Gasteiger partial charge in [0.25, 0.3) is 5.97 Å². The molecule has 4 heteroatoms. The third-order valence-electron chi connectivity index (χ3n) is 4.82. The topological polar surface area (TPSA) is 36.9 Å². The lowest BCUT2D eigenvalue weighted by atomic mass is 9.89. The molecule has 0 fully saturated rings. The van der Waals surface area contributed by atoms with E-state index in [1.165, 1.54) is 32.1 Å². The molecular weight excluding hydrogens is 340 g/mol. The van der Waals surface area contributed by atoms with Crippen molar-refractivity contribution in [2.24, 2.45) is 0 Å². The Labute approximate surface area is 166 Å². The first kappa shape index (κ1) is 23.9. The van der Waals surface area contributed by atoms with E-state index in [0.29, 0.717) is 19.8 Å². The molecule has 1 atom stereocenters. The van der Waals surface area contributed by atoms with E-state index in [1.807, 2.05) is 39.0 Å². The Morgan fingerprint density at radius 3 is 1.89 bits per heavy atom. The van der Waals surface area contributed by atoms with Crippen LogP contribution in [0.2, 0.25) is 0 Å². The highest BCUT2D eigenvalue weighted by atomic mass is 16.9. The standard InChI is InChI=1S/C23H40O4/c1-6-10-11-12-13-14-18-21(20-17-15-16-19-22(20)24-5)23(25-7-2,26-8-3)27-9-4/h15-17,19,21H,6-14,18H2,1-5H3. The Kier molecular flexibility index (Phi) is 12.4. The number of benzene rings is 1. The van der Waals surface area contributed by atoms with Gasteiger partial charge in [-0.15, -0.1) is 0 Å². The van der Waals surface area contributed by atoms with Crippen LogP contribution in [0, 0.1) is 0 Å². The number of hydrogen-bond donors (Lipinski definition) is 0. The van der Waals surface area contributed by atoms with Crippen LogP contribution in [0.25, 0.3) is 0 Å². The summed E-state index contributed by atoms with van der Waals surface area (Å²) in [5.41, 5.74) is 1.09. The zero-order valence-corrected chi connectivity index (χ0v) is 18.1. The SMILES string of the molecule is CCCCCCCCC(c1ccccc1OC)C(OCC)(OCC)OCC. The van der Waals surface area contributed by atoms with Crippen LogP contribution < -0.4 is 4.74 Å². The Hall–Kier alpha value is -1.10. The normalized spacial score (nSPS) is 12.9. The van der Waals surface area contributed by atoms with Gasteiger partial charge in [-0.25, -0.2) is 0 Å². The van der Waals surface area contributed by atoms with Crippen LogP contribution in [0.1, 0.15) is 84.1 Å². The largest absolute Gasteiger partial charge is 0.496 e. The molecule has 4 nitrogen and oxygen atoms in total. The molecule has 0 N–H and O–H groups in total. The minimum atomic E-state index is -1.07. The summed E-state index contributed by atoms with van der Waals surface area (Å²) in [5.74, 6) is -0.257. The van der Waals surface area contributed by atoms with Crippen molar-refractivity contribution in [1.29, 1.82) is 0 Å². The lowest BCUT2D eigenvalue weighted by Gasteiger charge is -2.39. The van der Waals surface area contributed by atoms with Gasteiger partial charge in [0.2, 0.25) is 0 Å². The van der Waals surface area contributed by atoms with Crippen LogP contribution in [0.15, 0.2) is 24.3 Å². The van der Waals surface area contributed by atoms with Gasteiger partial charge in [-0.1, -0.05) is 63.6 Å². The minimum Gasteiger partial charge on any atom is -0.496 e. The van der Waals surface area contributed by atoms with Crippen molar-refractivity contribution in [3.05, 3.63) is 29.8 Å². The van der Waals surface area contributed by atoms with Gasteiger partial charge < -0.3 is 18.9 Å². The smallest absolute Gasteiger partial charge is 0.290 e. The molecule has 1 aromatic rings. The quantitative estimate of drug-likeness (QED) is 0.249. The number of methoxy groups -OCH3 is 1. The fourth-order valence-electron chi connectivity index (χ4n) is 3.64. The maximum atomic E-state index is 6.12. The second-order valence-corrected chi connectivity index (χ2v) is 6.75. The summed E-state index contributed by atoms with van der Waals surface area (Å²) in [6.45, 7) is 9.79. The first-order chi connectivity index (χ1) is 13.2. The highest BCUT2D eigenvalue weighted by molar-refractivity contribution is 5.37. The second kappa shape index (κ2) is 14.0. The number of unbranched alkanes of at least 4 members (excludes halogenated alkanes) is 5. The maximum Gasteiger partial charge on any atom is 0.290 e. The first-order valence-corrected chi connectivity index (χ1v) is 10.7. The maximum absolute atomic E-state index is 6.12. The minimum absolute atomic E-state index is 0.0420. The summed E-state index contributed by atoms with van der Waals surface area (Å²) >= 11 is 0. The summed E-state index contributed by atoms with van der Waals surface area (Å²) in [5, 5.41) is 0. The summed E-state index contributed by atoms with van der Waals surface area (Å²) in [4.78, 5) is 0. The van der Waals surface area contributed by atoms with Gasteiger partial charge in [-0.3, -0.25) is 0 Å². The van der Waals surface area contributed by atoms with Crippen molar-refractivity contribution >= 4 is 0 Å². The van der Waals surface area contributed by atoms with Gasteiger partial charge in [-0.2, -0.15) is 0 Å².